The van der Waals surface area contributed by atoms with Crippen molar-refractivity contribution in [1.82, 2.24) is 4.31 Å². The van der Waals surface area contributed by atoms with Crippen molar-refractivity contribution in [3.05, 3.63) is 59.7 Å². The Morgan fingerprint density at radius 2 is 1.90 bits per heavy atom. The number of anilines is 1. The highest BCUT2D eigenvalue weighted by Crippen LogP contribution is 2.26. The SMILES string of the molecule is CN(Cc1ccccc1)S(=O)(=O)c1ccc2c(c1)CCN2. The number of nitrogens with one attached hydrogen (secondary N) is 1. The van der Waals surface area contributed by atoms with Crippen LogP contribution in [-0.2, 0) is 23.0 Å². The molecule has 2 aromatic carbocycles. The molecule has 3 rings (SSSR count). The maximum absolute atomic E-state index is 12.6. The standard InChI is InChI=1S/C16H18N2O2S/c1-18(12-13-5-3-2-4-6-13)21(19,20)15-7-8-16-14(11-15)9-10-17-16/h2-8,11,17H,9-10,12H2,1H3. The Labute approximate surface area is 125 Å². The predicted octanol–water partition coefficient (Wildman–Crippen LogP) is 2.48. The third-order valence-corrected chi connectivity index (χ3v) is 5.54. The highest BCUT2D eigenvalue weighted by molar-refractivity contribution is 7.89. The summed E-state index contributed by atoms with van der Waals surface area (Å²) in [6.45, 7) is 1.25. The summed E-state index contributed by atoms with van der Waals surface area (Å²) in [6.07, 6.45) is 0.876. The molecule has 0 fully saturated rings. The topological polar surface area (TPSA) is 49.4 Å². The fraction of sp³-hybridized carbons (Fsp3) is 0.250. The van der Waals surface area contributed by atoms with Crippen LogP contribution in [0.4, 0.5) is 5.69 Å². The molecule has 0 saturated heterocycles. The van der Waals surface area contributed by atoms with Crippen LogP contribution in [-0.4, -0.2) is 26.3 Å². The van der Waals surface area contributed by atoms with Crippen LogP contribution in [0.2, 0.25) is 0 Å². The molecule has 1 aliphatic heterocycles. The number of rotatable bonds is 4. The average molecular weight is 302 g/mol. The maximum Gasteiger partial charge on any atom is 0.243 e. The van der Waals surface area contributed by atoms with Crippen molar-refractivity contribution >= 4 is 15.7 Å². The largest absolute Gasteiger partial charge is 0.384 e. The number of benzene rings is 2. The van der Waals surface area contributed by atoms with Gasteiger partial charge in [0.2, 0.25) is 10.0 Å². The number of nitrogens with zero attached hydrogens (tertiary/aromatic N) is 1. The van der Waals surface area contributed by atoms with Crippen LogP contribution in [0.15, 0.2) is 53.4 Å². The van der Waals surface area contributed by atoms with E-state index in [-0.39, 0.29) is 0 Å². The van der Waals surface area contributed by atoms with E-state index in [0.717, 1.165) is 29.8 Å². The van der Waals surface area contributed by atoms with Gasteiger partial charge in [-0.15, -0.1) is 0 Å². The molecule has 2 aromatic rings. The Balaban J connectivity index is 1.86. The number of hydrogen-bond acceptors (Lipinski definition) is 3. The highest BCUT2D eigenvalue weighted by atomic mass is 32.2. The second-order valence-electron chi connectivity index (χ2n) is 5.24. The van der Waals surface area contributed by atoms with Crippen LogP contribution < -0.4 is 5.32 Å². The Kier molecular flexibility index (Phi) is 3.69. The molecule has 0 aliphatic carbocycles. The molecule has 0 bridgehead atoms. The zero-order valence-electron chi connectivity index (χ0n) is 11.9. The third-order valence-electron chi connectivity index (χ3n) is 3.74. The molecule has 0 atom stereocenters. The minimum atomic E-state index is -3.45. The summed E-state index contributed by atoms with van der Waals surface area (Å²) in [5.74, 6) is 0. The van der Waals surface area contributed by atoms with Crippen molar-refractivity contribution in [3.8, 4) is 0 Å². The monoisotopic (exact) mass is 302 g/mol. The van der Waals surface area contributed by atoms with Crippen molar-refractivity contribution in [2.45, 2.75) is 17.9 Å². The van der Waals surface area contributed by atoms with Crippen molar-refractivity contribution in [2.24, 2.45) is 0 Å². The number of sulfonamides is 1. The molecular formula is C16H18N2O2S. The molecule has 1 aliphatic rings. The summed E-state index contributed by atoms with van der Waals surface area (Å²) in [5, 5.41) is 3.24. The first kappa shape index (κ1) is 14.1. The van der Waals surface area contributed by atoms with E-state index >= 15 is 0 Å². The molecule has 110 valence electrons. The summed E-state index contributed by atoms with van der Waals surface area (Å²) < 4.78 is 26.7. The first-order chi connectivity index (χ1) is 10.1. The van der Waals surface area contributed by atoms with Crippen LogP contribution in [0.25, 0.3) is 0 Å². The second kappa shape index (κ2) is 5.50. The Hall–Kier alpha value is -1.85. The van der Waals surface area contributed by atoms with E-state index in [1.807, 2.05) is 36.4 Å². The molecule has 0 aromatic heterocycles. The molecule has 1 heterocycles. The highest BCUT2D eigenvalue weighted by Gasteiger charge is 2.23. The van der Waals surface area contributed by atoms with Crippen molar-refractivity contribution in [3.63, 3.8) is 0 Å². The lowest BCUT2D eigenvalue weighted by Crippen LogP contribution is -2.26. The van der Waals surface area contributed by atoms with E-state index in [1.165, 1.54) is 4.31 Å². The van der Waals surface area contributed by atoms with Gasteiger partial charge in [-0.3, -0.25) is 0 Å². The molecule has 0 spiro atoms. The fourth-order valence-corrected chi connectivity index (χ4v) is 3.76. The molecular weight excluding hydrogens is 284 g/mol. The van der Waals surface area contributed by atoms with Crippen molar-refractivity contribution in [1.29, 1.82) is 0 Å². The van der Waals surface area contributed by atoms with Gasteiger partial charge in [0.1, 0.15) is 0 Å². The van der Waals surface area contributed by atoms with Crippen LogP contribution in [0.5, 0.6) is 0 Å². The normalized spacial score (nSPS) is 14.0. The quantitative estimate of drug-likeness (QED) is 0.944. The van der Waals surface area contributed by atoms with Gasteiger partial charge in [0.05, 0.1) is 4.90 Å². The zero-order valence-corrected chi connectivity index (χ0v) is 12.7. The summed E-state index contributed by atoms with van der Waals surface area (Å²) in [6, 6.07) is 14.9. The van der Waals surface area contributed by atoms with E-state index < -0.39 is 10.0 Å². The van der Waals surface area contributed by atoms with E-state index in [1.54, 1.807) is 19.2 Å². The summed E-state index contributed by atoms with van der Waals surface area (Å²) in [4.78, 5) is 0.364. The number of hydrogen-bond donors (Lipinski definition) is 1. The van der Waals surface area contributed by atoms with E-state index in [2.05, 4.69) is 5.32 Å². The lowest BCUT2D eigenvalue weighted by molar-refractivity contribution is 0.466. The molecule has 0 unspecified atom stereocenters. The lowest BCUT2D eigenvalue weighted by Gasteiger charge is -2.18. The molecule has 4 nitrogen and oxygen atoms in total. The minimum absolute atomic E-state index is 0.364. The van der Waals surface area contributed by atoms with Gasteiger partial charge in [0.15, 0.2) is 0 Å². The van der Waals surface area contributed by atoms with Gasteiger partial charge in [0, 0.05) is 25.8 Å². The van der Waals surface area contributed by atoms with E-state index in [9.17, 15) is 8.42 Å². The van der Waals surface area contributed by atoms with Gasteiger partial charge in [-0.25, -0.2) is 8.42 Å². The smallest absolute Gasteiger partial charge is 0.243 e. The summed E-state index contributed by atoms with van der Waals surface area (Å²) in [7, 11) is -1.83. The second-order valence-corrected chi connectivity index (χ2v) is 7.29. The minimum Gasteiger partial charge on any atom is -0.384 e. The molecule has 1 N–H and O–H groups in total. The molecule has 21 heavy (non-hydrogen) atoms. The first-order valence-corrected chi connectivity index (χ1v) is 8.38. The predicted molar refractivity (Wildman–Crippen MR) is 83.7 cm³/mol. The first-order valence-electron chi connectivity index (χ1n) is 6.94. The molecule has 0 radical (unpaired) electrons. The van der Waals surface area contributed by atoms with Gasteiger partial charge in [-0.2, -0.15) is 4.31 Å². The summed E-state index contributed by atoms with van der Waals surface area (Å²) in [5.41, 5.74) is 3.09. The van der Waals surface area contributed by atoms with Gasteiger partial charge < -0.3 is 5.32 Å². The molecule has 0 saturated carbocycles. The lowest BCUT2D eigenvalue weighted by atomic mass is 10.2. The van der Waals surface area contributed by atoms with Gasteiger partial charge in [-0.05, 0) is 35.7 Å². The fourth-order valence-electron chi connectivity index (χ4n) is 2.55. The molecule has 0 amide bonds. The third kappa shape index (κ3) is 2.80. The van der Waals surface area contributed by atoms with Crippen LogP contribution in [0.3, 0.4) is 0 Å². The van der Waals surface area contributed by atoms with Crippen molar-refractivity contribution in [2.75, 3.05) is 18.9 Å². The maximum atomic E-state index is 12.6. The van der Waals surface area contributed by atoms with Crippen molar-refractivity contribution < 1.29 is 8.42 Å². The Morgan fingerprint density at radius 3 is 2.67 bits per heavy atom. The van der Waals surface area contributed by atoms with E-state index in [4.69, 9.17) is 0 Å². The van der Waals surface area contributed by atoms with Crippen LogP contribution >= 0.6 is 0 Å². The number of fused-ring (bicyclic) bond motifs is 1. The Bertz CT molecular complexity index is 742. The zero-order chi connectivity index (χ0) is 14.9. The average Bonchev–Trinajstić information content (AvgIpc) is 2.95. The van der Waals surface area contributed by atoms with Gasteiger partial charge >= 0.3 is 0 Å². The van der Waals surface area contributed by atoms with Gasteiger partial charge in [0.25, 0.3) is 0 Å². The van der Waals surface area contributed by atoms with Crippen LogP contribution in [0.1, 0.15) is 11.1 Å². The molecule has 5 heteroatoms. The van der Waals surface area contributed by atoms with E-state index in [0.29, 0.717) is 11.4 Å². The Morgan fingerprint density at radius 1 is 1.14 bits per heavy atom. The van der Waals surface area contributed by atoms with Crippen LogP contribution in [0, 0.1) is 0 Å². The summed E-state index contributed by atoms with van der Waals surface area (Å²) >= 11 is 0. The van der Waals surface area contributed by atoms with Gasteiger partial charge in [-0.1, -0.05) is 30.3 Å².